The third-order valence-electron chi connectivity index (χ3n) is 3.47. The summed E-state index contributed by atoms with van der Waals surface area (Å²) in [6, 6.07) is 6.44. The lowest BCUT2D eigenvalue weighted by atomic mass is 10.1. The van der Waals surface area contributed by atoms with Crippen LogP contribution in [-0.4, -0.2) is 43.7 Å². The molecule has 0 unspecified atom stereocenters. The fourth-order valence-electron chi connectivity index (χ4n) is 2.12. The molecule has 0 aromatic heterocycles. The molecule has 4 nitrogen and oxygen atoms in total. The quantitative estimate of drug-likeness (QED) is 0.687. The molecule has 0 aliphatic carbocycles. The van der Waals surface area contributed by atoms with Crippen molar-refractivity contribution in [2.45, 2.75) is 26.7 Å². The van der Waals surface area contributed by atoms with E-state index in [-0.39, 0.29) is 11.8 Å². The molecule has 5 heteroatoms. The minimum absolute atomic E-state index is 0.189. The van der Waals surface area contributed by atoms with Crippen LogP contribution in [0.25, 0.3) is 0 Å². The van der Waals surface area contributed by atoms with Crippen molar-refractivity contribution in [1.82, 2.24) is 15.5 Å². The summed E-state index contributed by atoms with van der Waals surface area (Å²) >= 11 is 0. The van der Waals surface area contributed by atoms with Crippen molar-refractivity contribution in [3.8, 4) is 0 Å². The molecule has 2 N–H and O–H groups in total. The SMILES string of the molecule is CCN(CC)CCCNC(=O)NCCc1ccccc1F. The molecule has 0 aliphatic heterocycles. The highest BCUT2D eigenvalue weighted by Gasteiger charge is 2.03. The second-order valence-electron chi connectivity index (χ2n) is 4.90. The smallest absolute Gasteiger partial charge is 0.314 e. The molecule has 0 saturated carbocycles. The van der Waals surface area contributed by atoms with Crippen LogP contribution in [0.4, 0.5) is 9.18 Å². The van der Waals surface area contributed by atoms with Gasteiger partial charge in [0.05, 0.1) is 0 Å². The number of hydrogen-bond donors (Lipinski definition) is 2. The Balaban J connectivity index is 2.10. The van der Waals surface area contributed by atoms with Crippen LogP contribution in [0, 0.1) is 5.82 Å². The highest BCUT2D eigenvalue weighted by atomic mass is 19.1. The molecule has 0 heterocycles. The first-order valence-corrected chi connectivity index (χ1v) is 7.64. The number of rotatable bonds is 9. The molecule has 0 spiro atoms. The zero-order chi connectivity index (χ0) is 15.5. The van der Waals surface area contributed by atoms with Crippen molar-refractivity contribution in [2.24, 2.45) is 0 Å². The Morgan fingerprint density at radius 3 is 2.48 bits per heavy atom. The van der Waals surface area contributed by atoms with Crippen LogP contribution in [0.3, 0.4) is 0 Å². The van der Waals surface area contributed by atoms with Crippen molar-refractivity contribution in [3.05, 3.63) is 35.6 Å². The summed E-state index contributed by atoms with van der Waals surface area (Å²) in [5.41, 5.74) is 0.624. The summed E-state index contributed by atoms with van der Waals surface area (Å²) in [5, 5.41) is 5.56. The maximum atomic E-state index is 13.4. The standard InChI is InChI=1S/C16H26FN3O/c1-3-20(4-2)13-7-11-18-16(21)19-12-10-14-8-5-6-9-15(14)17/h5-6,8-9H,3-4,7,10-13H2,1-2H3,(H2,18,19,21). The normalized spacial score (nSPS) is 10.7. The van der Waals surface area contributed by atoms with Crippen molar-refractivity contribution >= 4 is 6.03 Å². The second kappa shape index (κ2) is 10.2. The van der Waals surface area contributed by atoms with Crippen molar-refractivity contribution in [1.29, 1.82) is 0 Å². The van der Waals surface area contributed by atoms with E-state index >= 15 is 0 Å². The molecule has 0 atom stereocenters. The summed E-state index contributed by atoms with van der Waals surface area (Å²) in [5.74, 6) is -0.223. The predicted octanol–water partition coefficient (Wildman–Crippen LogP) is 2.40. The first-order valence-electron chi connectivity index (χ1n) is 7.64. The van der Waals surface area contributed by atoms with E-state index in [1.165, 1.54) is 6.07 Å². The van der Waals surface area contributed by atoms with Gasteiger partial charge in [0.1, 0.15) is 5.82 Å². The number of benzene rings is 1. The molecule has 21 heavy (non-hydrogen) atoms. The van der Waals surface area contributed by atoms with Crippen molar-refractivity contribution < 1.29 is 9.18 Å². The maximum Gasteiger partial charge on any atom is 0.314 e. The number of urea groups is 1. The fourth-order valence-corrected chi connectivity index (χ4v) is 2.12. The van der Waals surface area contributed by atoms with Gasteiger partial charge < -0.3 is 15.5 Å². The zero-order valence-electron chi connectivity index (χ0n) is 13.0. The van der Waals surface area contributed by atoms with E-state index in [2.05, 4.69) is 29.4 Å². The van der Waals surface area contributed by atoms with Crippen LogP contribution in [0.15, 0.2) is 24.3 Å². The van der Waals surface area contributed by atoms with E-state index in [4.69, 9.17) is 0 Å². The van der Waals surface area contributed by atoms with Crippen LogP contribution in [0.1, 0.15) is 25.8 Å². The van der Waals surface area contributed by atoms with Gasteiger partial charge in [-0.1, -0.05) is 32.0 Å². The number of carbonyl (C=O) groups excluding carboxylic acids is 1. The van der Waals surface area contributed by atoms with Gasteiger partial charge in [-0.05, 0) is 44.1 Å². The average Bonchev–Trinajstić information content (AvgIpc) is 2.49. The lowest BCUT2D eigenvalue weighted by Crippen LogP contribution is -2.38. The number of hydrogen-bond acceptors (Lipinski definition) is 2. The number of carbonyl (C=O) groups is 1. The predicted molar refractivity (Wildman–Crippen MR) is 83.9 cm³/mol. The molecule has 1 aromatic carbocycles. The molecule has 0 bridgehead atoms. The van der Waals surface area contributed by atoms with Crippen molar-refractivity contribution in [2.75, 3.05) is 32.7 Å². The van der Waals surface area contributed by atoms with E-state index in [0.29, 0.717) is 25.1 Å². The van der Waals surface area contributed by atoms with Crippen LogP contribution in [-0.2, 0) is 6.42 Å². The van der Waals surface area contributed by atoms with E-state index in [1.807, 2.05) is 0 Å². The third kappa shape index (κ3) is 7.09. The molecule has 0 radical (unpaired) electrons. The summed E-state index contributed by atoms with van der Waals surface area (Å²) in [4.78, 5) is 13.9. The van der Waals surface area contributed by atoms with Crippen LogP contribution in [0.5, 0.6) is 0 Å². The Hall–Kier alpha value is -1.62. The molecular formula is C16H26FN3O. The van der Waals surface area contributed by atoms with Gasteiger partial charge in [0.25, 0.3) is 0 Å². The molecule has 0 saturated heterocycles. The van der Waals surface area contributed by atoms with E-state index < -0.39 is 0 Å². The van der Waals surface area contributed by atoms with E-state index in [0.717, 1.165) is 26.1 Å². The van der Waals surface area contributed by atoms with Gasteiger partial charge >= 0.3 is 6.03 Å². The lowest BCUT2D eigenvalue weighted by molar-refractivity contribution is 0.239. The fraction of sp³-hybridized carbons (Fsp3) is 0.562. The Morgan fingerprint density at radius 1 is 1.14 bits per heavy atom. The van der Waals surface area contributed by atoms with Gasteiger partial charge in [-0.2, -0.15) is 0 Å². The van der Waals surface area contributed by atoms with E-state index in [1.54, 1.807) is 18.2 Å². The molecular weight excluding hydrogens is 269 g/mol. The molecule has 1 rings (SSSR count). The minimum atomic E-state index is -0.223. The van der Waals surface area contributed by atoms with Crippen molar-refractivity contribution in [3.63, 3.8) is 0 Å². The number of halogens is 1. The van der Waals surface area contributed by atoms with Gasteiger partial charge in [-0.25, -0.2) is 9.18 Å². The number of nitrogens with one attached hydrogen (secondary N) is 2. The Morgan fingerprint density at radius 2 is 1.81 bits per heavy atom. The van der Waals surface area contributed by atoms with Crippen LogP contribution in [0.2, 0.25) is 0 Å². The highest BCUT2D eigenvalue weighted by molar-refractivity contribution is 5.73. The maximum absolute atomic E-state index is 13.4. The van der Waals surface area contributed by atoms with Gasteiger partial charge in [0.2, 0.25) is 0 Å². The Labute approximate surface area is 126 Å². The largest absolute Gasteiger partial charge is 0.338 e. The first-order chi connectivity index (χ1) is 10.2. The molecule has 0 fully saturated rings. The molecule has 0 aliphatic rings. The minimum Gasteiger partial charge on any atom is -0.338 e. The lowest BCUT2D eigenvalue weighted by Gasteiger charge is -2.17. The van der Waals surface area contributed by atoms with E-state index in [9.17, 15) is 9.18 Å². The molecule has 2 amide bonds. The van der Waals surface area contributed by atoms with Gasteiger partial charge in [0, 0.05) is 13.1 Å². The van der Waals surface area contributed by atoms with Gasteiger partial charge in [-0.15, -0.1) is 0 Å². The zero-order valence-corrected chi connectivity index (χ0v) is 13.0. The first kappa shape index (κ1) is 17.4. The Kier molecular flexibility index (Phi) is 8.43. The summed E-state index contributed by atoms with van der Waals surface area (Å²) in [6.45, 7) is 8.41. The summed E-state index contributed by atoms with van der Waals surface area (Å²) in [7, 11) is 0. The summed E-state index contributed by atoms with van der Waals surface area (Å²) in [6.07, 6.45) is 1.43. The van der Waals surface area contributed by atoms with Crippen LogP contribution < -0.4 is 10.6 Å². The number of amides is 2. The second-order valence-corrected chi connectivity index (χ2v) is 4.90. The topological polar surface area (TPSA) is 44.4 Å². The molecule has 118 valence electrons. The van der Waals surface area contributed by atoms with Crippen LogP contribution >= 0.6 is 0 Å². The highest BCUT2D eigenvalue weighted by Crippen LogP contribution is 2.05. The third-order valence-corrected chi connectivity index (χ3v) is 3.47. The van der Waals surface area contributed by atoms with Gasteiger partial charge in [-0.3, -0.25) is 0 Å². The Bertz CT molecular complexity index is 422. The monoisotopic (exact) mass is 295 g/mol. The summed E-state index contributed by atoms with van der Waals surface area (Å²) < 4.78 is 13.4. The number of nitrogens with zero attached hydrogens (tertiary/aromatic N) is 1. The average molecular weight is 295 g/mol. The molecule has 1 aromatic rings. The van der Waals surface area contributed by atoms with Gasteiger partial charge in [0.15, 0.2) is 0 Å².